The van der Waals surface area contributed by atoms with Gasteiger partial charge in [-0.15, -0.1) is 0 Å². The van der Waals surface area contributed by atoms with Crippen molar-refractivity contribution in [2.24, 2.45) is 21.7 Å². The molecule has 9 heteroatoms. The Bertz CT molecular complexity index is 558. The number of ether oxygens (including phenoxy) is 4. The molecule has 0 saturated heterocycles. The number of hydrogen-bond donors (Lipinski definition) is 0. The van der Waals surface area contributed by atoms with E-state index in [0.717, 1.165) is 0 Å². The SMILES string of the molecule is CC(C)(C)C(=O)O[CH]([Be][CH](OC(=O)C(C)(C)C)OC(=O)C(C)(C)C)OC(=O)C(C)(C)C. The molecule has 0 amide bonds. The Hall–Kier alpha value is -1.95. The Morgan fingerprint density at radius 2 is 0.613 bits per heavy atom. The minimum absolute atomic E-state index is 0.354. The molecule has 0 aliphatic heterocycles. The molecule has 8 nitrogen and oxygen atoms in total. The summed E-state index contributed by atoms with van der Waals surface area (Å²) in [5.74, 6) is -2.49. The fourth-order valence-electron chi connectivity index (χ4n) is 1.58. The van der Waals surface area contributed by atoms with Gasteiger partial charge in [0.15, 0.2) is 0 Å². The Labute approximate surface area is 188 Å². The molecule has 0 heterocycles. The topological polar surface area (TPSA) is 105 Å². The molecule has 0 rings (SSSR count). The fourth-order valence-corrected chi connectivity index (χ4v) is 1.58. The van der Waals surface area contributed by atoms with E-state index in [9.17, 15) is 19.2 Å². The quantitative estimate of drug-likeness (QED) is 0.351. The van der Waals surface area contributed by atoms with Gasteiger partial charge in [0.25, 0.3) is 0 Å². The summed E-state index contributed by atoms with van der Waals surface area (Å²) in [4.78, 5) is 49.7. The van der Waals surface area contributed by atoms with E-state index in [0.29, 0.717) is 0 Å². The zero-order chi connectivity index (χ0) is 25.0. The molecule has 0 saturated carbocycles. The van der Waals surface area contributed by atoms with Crippen LogP contribution in [0.4, 0.5) is 0 Å². The van der Waals surface area contributed by atoms with Gasteiger partial charge in [-0.05, 0) is 0 Å². The van der Waals surface area contributed by atoms with Crippen LogP contribution in [0.1, 0.15) is 83.1 Å². The van der Waals surface area contributed by atoms with Crippen molar-refractivity contribution in [3.63, 3.8) is 0 Å². The molecular formula is C22H38BeO8. The Morgan fingerprint density at radius 3 is 0.742 bits per heavy atom. The van der Waals surface area contributed by atoms with Crippen LogP contribution in [0.25, 0.3) is 0 Å². The van der Waals surface area contributed by atoms with Crippen LogP contribution >= 0.6 is 0 Å². The second-order valence-corrected chi connectivity index (χ2v) is 11.7. The zero-order valence-corrected chi connectivity index (χ0v) is 21.1. The number of hydrogen-bond acceptors (Lipinski definition) is 8. The van der Waals surface area contributed by atoms with Gasteiger partial charge in [0, 0.05) is 0 Å². The third kappa shape index (κ3) is 10.8. The van der Waals surface area contributed by atoms with E-state index < -0.39 is 57.6 Å². The van der Waals surface area contributed by atoms with Crippen molar-refractivity contribution < 1.29 is 38.1 Å². The fraction of sp³-hybridized carbons (Fsp3) is 0.818. The summed E-state index contributed by atoms with van der Waals surface area (Å²) in [6.07, 6.45) is 0. The van der Waals surface area contributed by atoms with Gasteiger partial charge in [-0.25, -0.2) is 0 Å². The van der Waals surface area contributed by atoms with Crippen LogP contribution in [0.2, 0.25) is 0 Å². The summed E-state index contributed by atoms with van der Waals surface area (Å²) in [5, 5.41) is 0. The van der Waals surface area contributed by atoms with Crippen molar-refractivity contribution >= 4 is 32.7 Å². The molecule has 0 bridgehead atoms. The standard InChI is InChI=1S/2C11H19O4.Be/c2*1-10(2,3)8(12)14-7-15-9(13)11(4,5)6;/h2*7H,1-6H3;. The molecule has 0 atom stereocenters. The summed E-state index contributed by atoms with van der Waals surface area (Å²) < 4.78 is 21.5. The number of esters is 4. The Morgan fingerprint density at radius 1 is 0.452 bits per heavy atom. The van der Waals surface area contributed by atoms with Gasteiger partial charge in [-0.2, -0.15) is 0 Å². The molecule has 0 spiro atoms. The van der Waals surface area contributed by atoms with E-state index in [-0.39, 0.29) is 8.78 Å². The van der Waals surface area contributed by atoms with Gasteiger partial charge in [-0.1, -0.05) is 0 Å². The molecule has 31 heavy (non-hydrogen) atoms. The van der Waals surface area contributed by atoms with E-state index in [4.69, 9.17) is 18.9 Å². The second kappa shape index (κ2) is 10.1. The molecule has 0 radical (unpaired) electrons. The molecule has 0 aromatic carbocycles. The molecule has 0 aromatic rings. The number of rotatable bonds is 6. The summed E-state index contributed by atoms with van der Waals surface area (Å²) >= 11 is 0. The number of carbonyl (C=O) groups is 4. The average molecular weight is 440 g/mol. The molecule has 0 fully saturated rings. The van der Waals surface area contributed by atoms with Crippen molar-refractivity contribution in [1.82, 2.24) is 0 Å². The first-order valence-electron chi connectivity index (χ1n) is 10.4. The van der Waals surface area contributed by atoms with E-state index in [1.165, 1.54) is 0 Å². The monoisotopic (exact) mass is 439 g/mol. The van der Waals surface area contributed by atoms with Gasteiger partial charge < -0.3 is 0 Å². The van der Waals surface area contributed by atoms with Crippen molar-refractivity contribution in [2.75, 3.05) is 0 Å². The molecule has 0 aromatic heterocycles. The molecule has 176 valence electrons. The van der Waals surface area contributed by atoms with Crippen LogP contribution in [-0.4, -0.2) is 44.7 Å². The molecule has 0 N–H and O–H groups in total. The predicted molar refractivity (Wildman–Crippen MR) is 116 cm³/mol. The first kappa shape index (κ1) is 29.0. The van der Waals surface area contributed by atoms with Gasteiger partial charge in [-0.3, -0.25) is 0 Å². The maximum absolute atomic E-state index is 12.4. The van der Waals surface area contributed by atoms with Crippen LogP contribution in [0.15, 0.2) is 0 Å². The van der Waals surface area contributed by atoms with Crippen molar-refractivity contribution in [1.29, 1.82) is 0 Å². The van der Waals surface area contributed by atoms with E-state index >= 15 is 0 Å². The molecule has 0 unspecified atom stereocenters. The maximum atomic E-state index is 12.4. The Balaban J connectivity index is 5.84. The number of carbonyl (C=O) groups excluding carboxylic acids is 4. The predicted octanol–water partition coefficient (Wildman–Crippen LogP) is 3.62. The van der Waals surface area contributed by atoms with Crippen LogP contribution in [0.5, 0.6) is 0 Å². The van der Waals surface area contributed by atoms with Crippen molar-refractivity contribution in [3.05, 3.63) is 0 Å². The van der Waals surface area contributed by atoms with Gasteiger partial charge in [0.1, 0.15) is 0 Å². The first-order valence-corrected chi connectivity index (χ1v) is 10.4. The van der Waals surface area contributed by atoms with Crippen LogP contribution in [0.3, 0.4) is 0 Å². The van der Waals surface area contributed by atoms with Crippen molar-refractivity contribution in [3.8, 4) is 0 Å². The second-order valence-electron chi connectivity index (χ2n) is 11.7. The van der Waals surface area contributed by atoms with E-state index in [2.05, 4.69) is 0 Å². The van der Waals surface area contributed by atoms with Gasteiger partial charge in [0.2, 0.25) is 0 Å². The summed E-state index contributed by atoms with van der Waals surface area (Å²) in [6.45, 7) is 19.8. The van der Waals surface area contributed by atoms with E-state index in [1.807, 2.05) is 0 Å². The van der Waals surface area contributed by atoms with Crippen LogP contribution in [0, 0.1) is 21.7 Å². The molecule has 0 aliphatic carbocycles. The third-order valence-electron chi connectivity index (χ3n) is 3.79. The summed E-state index contributed by atoms with van der Waals surface area (Å²) in [7, 11) is -0.354. The van der Waals surface area contributed by atoms with Crippen LogP contribution < -0.4 is 0 Å². The summed E-state index contributed by atoms with van der Waals surface area (Å²) in [6, 6.07) is -2.83. The minimum atomic E-state index is -1.41. The molecule has 0 aliphatic rings. The van der Waals surface area contributed by atoms with Gasteiger partial charge >= 0.3 is 188 Å². The Kier molecular flexibility index (Phi) is 9.48. The first-order chi connectivity index (χ1) is 13.5. The normalized spacial score (nSPS) is 12.8. The molecular weight excluding hydrogens is 401 g/mol. The third-order valence-corrected chi connectivity index (χ3v) is 3.79. The zero-order valence-electron chi connectivity index (χ0n) is 21.1. The van der Waals surface area contributed by atoms with Crippen LogP contribution in [-0.2, 0) is 38.1 Å². The van der Waals surface area contributed by atoms with Gasteiger partial charge in [0.05, 0.1) is 0 Å². The summed E-state index contributed by atoms with van der Waals surface area (Å²) in [5.41, 5.74) is -3.48. The van der Waals surface area contributed by atoms with Crippen molar-refractivity contribution in [2.45, 2.75) is 95.1 Å². The van der Waals surface area contributed by atoms with E-state index in [1.54, 1.807) is 83.1 Å². The average Bonchev–Trinajstić information content (AvgIpc) is 2.50.